The Kier molecular flexibility index (Phi) is 1.25. The van der Waals surface area contributed by atoms with Crippen LogP contribution in [0.4, 0.5) is 0 Å². The molecule has 2 saturated carbocycles. The Hall–Kier alpha value is -0.930. The van der Waals surface area contributed by atoms with Crippen LogP contribution in [0.25, 0.3) is 0 Å². The first kappa shape index (κ1) is 6.57. The van der Waals surface area contributed by atoms with E-state index in [0.717, 1.165) is 24.3 Å². The number of fused-ring (bicyclic) bond motifs is 1. The number of hydrogen-bond donors (Lipinski definition) is 0. The van der Waals surface area contributed by atoms with Crippen molar-refractivity contribution in [2.24, 2.45) is 17.8 Å². The fourth-order valence-electron chi connectivity index (χ4n) is 2.72. The second-order valence-electron chi connectivity index (χ2n) is 3.95. The second kappa shape index (κ2) is 2.28. The van der Waals surface area contributed by atoms with Crippen LogP contribution < -0.4 is 0 Å². The minimum Gasteiger partial charge on any atom is -0.232 e. The monoisotopic (exact) mass is 164 g/mol. The van der Waals surface area contributed by atoms with Gasteiger partial charge in [0.25, 0.3) is 0 Å². The average Bonchev–Trinajstić information content (AvgIpc) is 2.59. The van der Waals surface area contributed by atoms with Crippen LogP contribution in [0.15, 0.2) is 6.33 Å². The molecule has 1 unspecified atom stereocenters. The molecule has 0 aromatic carbocycles. The van der Waals surface area contributed by atoms with E-state index in [4.69, 9.17) is 0 Å². The lowest BCUT2D eigenvalue weighted by Gasteiger charge is -2.00. The third kappa shape index (κ3) is 0.869. The molecule has 3 rings (SSSR count). The molecule has 2 aliphatic rings. The van der Waals surface area contributed by atoms with Crippen LogP contribution in [0.1, 0.15) is 19.3 Å². The maximum Gasteiger partial charge on any atom is 0.138 e. The quantitative estimate of drug-likeness (QED) is 0.647. The molecule has 2 aliphatic carbocycles. The fraction of sp³-hybridized carbons (Fsp3) is 0.875. The van der Waals surface area contributed by atoms with Crippen molar-refractivity contribution in [1.29, 1.82) is 0 Å². The Morgan fingerprint density at radius 1 is 1.33 bits per heavy atom. The van der Waals surface area contributed by atoms with Crippen molar-refractivity contribution < 1.29 is 0 Å². The van der Waals surface area contributed by atoms with Crippen LogP contribution in [0.3, 0.4) is 0 Å². The maximum absolute atomic E-state index is 3.88. The minimum atomic E-state index is 0.891. The first-order valence-corrected chi connectivity index (χ1v) is 4.66. The molecule has 2 fully saturated rings. The summed E-state index contributed by atoms with van der Waals surface area (Å²) in [6.07, 6.45) is 6.05. The molecule has 12 heavy (non-hydrogen) atoms. The zero-order chi connectivity index (χ0) is 7.97. The normalized spacial score (nSPS) is 38.2. The summed E-state index contributed by atoms with van der Waals surface area (Å²) in [6, 6.07) is 0. The van der Waals surface area contributed by atoms with Gasteiger partial charge in [-0.25, -0.2) is 4.68 Å². The van der Waals surface area contributed by atoms with Crippen molar-refractivity contribution in [3.05, 3.63) is 6.33 Å². The molecule has 64 valence electrons. The predicted octanol–water partition coefficient (Wildman–Crippen LogP) is 0.719. The highest BCUT2D eigenvalue weighted by Crippen LogP contribution is 2.57. The number of rotatable bonds is 2. The minimum absolute atomic E-state index is 0.891. The number of aromatic nitrogens is 4. The van der Waals surface area contributed by atoms with Crippen LogP contribution >= 0.6 is 0 Å². The summed E-state index contributed by atoms with van der Waals surface area (Å²) in [5.41, 5.74) is 0. The molecule has 1 aromatic heterocycles. The third-order valence-electron chi connectivity index (χ3n) is 3.37. The number of hydrogen-bond acceptors (Lipinski definition) is 3. The van der Waals surface area contributed by atoms with E-state index < -0.39 is 0 Å². The molecule has 0 amide bonds. The van der Waals surface area contributed by atoms with Crippen LogP contribution in [0.2, 0.25) is 0 Å². The summed E-state index contributed by atoms with van der Waals surface area (Å²) in [7, 11) is 0. The maximum atomic E-state index is 3.88. The summed E-state index contributed by atoms with van der Waals surface area (Å²) in [5.74, 6) is 2.91. The topological polar surface area (TPSA) is 43.6 Å². The highest BCUT2D eigenvalue weighted by molar-refractivity contribution is 5.00. The van der Waals surface area contributed by atoms with E-state index in [9.17, 15) is 0 Å². The molecule has 0 radical (unpaired) electrons. The van der Waals surface area contributed by atoms with Crippen LogP contribution in [-0.2, 0) is 6.54 Å². The van der Waals surface area contributed by atoms with Crippen molar-refractivity contribution in [2.45, 2.75) is 25.8 Å². The highest BCUT2D eigenvalue weighted by atomic mass is 15.5. The summed E-state index contributed by atoms with van der Waals surface area (Å²) in [4.78, 5) is 0. The van der Waals surface area contributed by atoms with E-state index in [1.807, 2.05) is 4.68 Å². The van der Waals surface area contributed by atoms with Crippen LogP contribution in [0.5, 0.6) is 0 Å². The van der Waals surface area contributed by atoms with Gasteiger partial charge in [-0.2, -0.15) is 0 Å². The molecule has 4 heteroatoms. The van der Waals surface area contributed by atoms with Crippen LogP contribution in [-0.4, -0.2) is 20.2 Å². The van der Waals surface area contributed by atoms with E-state index in [0.29, 0.717) is 0 Å². The zero-order valence-electron chi connectivity index (χ0n) is 6.93. The second-order valence-corrected chi connectivity index (χ2v) is 3.95. The molecule has 1 aromatic rings. The van der Waals surface area contributed by atoms with Gasteiger partial charge in [-0.15, -0.1) is 5.10 Å². The van der Waals surface area contributed by atoms with Gasteiger partial charge < -0.3 is 0 Å². The SMILES string of the molecule is c1nnnn1CC1[C@H]2CCC[C@@H]12. The molecule has 0 spiro atoms. The molecule has 1 heterocycles. The molecule has 0 bridgehead atoms. The Labute approximate surface area is 71.0 Å². The lowest BCUT2D eigenvalue weighted by Crippen LogP contribution is -2.04. The summed E-state index contributed by atoms with van der Waals surface area (Å²) in [6.45, 7) is 1.04. The fourth-order valence-corrected chi connectivity index (χ4v) is 2.72. The largest absolute Gasteiger partial charge is 0.232 e. The molecular weight excluding hydrogens is 152 g/mol. The lowest BCUT2D eigenvalue weighted by molar-refractivity contribution is 0.469. The molecular formula is C8H12N4. The smallest absolute Gasteiger partial charge is 0.138 e. The Morgan fingerprint density at radius 2 is 2.17 bits per heavy atom. The number of nitrogens with zero attached hydrogens (tertiary/aromatic N) is 4. The predicted molar refractivity (Wildman–Crippen MR) is 42.1 cm³/mol. The van der Waals surface area contributed by atoms with Gasteiger partial charge in [0, 0.05) is 6.54 Å². The van der Waals surface area contributed by atoms with Gasteiger partial charge in [0.15, 0.2) is 0 Å². The van der Waals surface area contributed by atoms with Gasteiger partial charge in [0.1, 0.15) is 6.33 Å². The molecule has 0 aliphatic heterocycles. The molecule has 3 atom stereocenters. The van der Waals surface area contributed by atoms with Crippen molar-refractivity contribution in [3.8, 4) is 0 Å². The van der Waals surface area contributed by atoms with Crippen molar-refractivity contribution in [2.75, 3.05) is 0 Å². The lowest BCUT2D eigenvalue weighted by atomic mass is 10.1. The zero-order valence-corrected chi connectivity index (χ0v) is 6.93. The van der Waals surface area contributed by atoms with Crippen molar-refractivity contribution in [3.63, 3.8) is 0 Å². The first-order chi connectivity index (χ1) is 5.95. The summed E-state index contributed by atoms with van der Waals surface area (Å²) in [5, 5.41) is 11.1. The summed E-state index contributed by atoms with van der Waals surface area (Å²) < 4.78 is 1.86. The van der Waals surface area contributed by atoms with E-state index in [2.05, 4.69) is 15.5 Å². The van der Waals surface area contributed by atoms with E-state index in [1.54, 1.807) is 6.33 Å². The Bertz CT molecular complexity index is 259. The standard InChI is InChI=1S/C8H12N4/c1-2-6-7(3-1)8(6)4-12-5-9-10-11-12/h5-8H,1-4H2/t6-,7+,8?. The molecule has 0 N–H and O–H groups in total. The first-order valence-electron chi connectivity index (χ1n) is 4.66. The van der Waals surface area contributed by atoms with Crippen molar-refractivity contribution >= 4 is 0 Å². The van der Waals surface area contributed by atoms with E-state index in [1.165, 1.54) is 19.3 Å². The number of tetrazole rings is 1. The summed E-state index contributed by atoms with van der Waals surface area (Å²) >= 11 is 0. The van der Waals surface area contributed by atoms with Gasteiger partial charge in [-0.1, -0.05) is 6.42 Å². The van der Waals surface area contributed by atoms with Gasteiger partial charge in [0.2, 0.25) is 0 Å². The van der Waals surface area contributed by atoms with Gasteiger partial charge >= 0.3 is 0 Å². The highest BCUT2D eigenvalue weighted by Gasteiger charge is 2.52. The molecule has 0 saturated heterocycles. The van der Waals surface area contributed by atoms with Gasteiger partial charge in [-0.05, 0) is 41.0 Å². The Balaban J connectivity index is 1.65. The van der Waals surface area contributed by atoms with Crippen LogP contribution in [0, 0.1) is 17.8 Å². The van der Waals surface area contributed by atoms with E-state index in [-0.39, 0.29) is 0 Å². The third-order valence-corrected chi connectivity index (χ3v) is 3.37. The van der Waals surface area contributed by atoms with E-state index >= 15 is 0 Å². The van der Waals surface area contributed by atoms with Gasteiger partial charge in [-0.3, -0.25) is 0 Å². The average molecular weight is 164 g/mol. The van der Waals surface area contributed by atoms with Crippen molar-refractivity contribution in [1.82, 2.24) is 20.2 Å². The molecule has 4 nitrogen and oxygen atoms in total. The Morgan fingerprint density at radius 3 is 2.83 bits per heavy atom. The van der Waals surface area contributed by atoms with Gasteiger partial charge in [0.05, 0.1) is 0 Å².